The number of carbonyl (C=O) groups is 1. The topological polar surface area (TPSA) is 99.7 Å². The van der Waals surface area contributed by atoms with Gasteiger partial charge in [0.25, 0.3) is 5.91 Å². The van der Waals surface area contributed by atoms with Crippen LogP contribution in [-0.2, 0) is 11.3 Å². The normalized spacial score (nSPS) is 11.3. The van der Waals surface area contributed by atoms with E-state index in [9.17, 15) is 15.0 Å². The zero-order valence-electron chi connectivity index (χ0n) is 17.4. The smallest absolute Gasteiger partial charge is 0.250 e. The summed E-state index contributed by atoms with van der Waals surface area (Å²) in [5, 5.41) is 23.7. The number of amides is 1. The van der Waals surface area contributed by atoms with Crippen LogP contribution in [0.4, 0.5) is 0 Å². The lowest BCUT2D eigenvalue weighted by Crippen LogP contribution is -2.20. The molecular formula is C24H22N4O3S. The summed E-state index contributed by atoms with van der Waals surface area (Å²) >= 11 is 1.34. The summed E-state index contributed by atoms with van der Waals surface area (Å²) in [6, 6.07) is 20.4. The number of aromatic hydroxyl groups is 2. The summed E-state index contributed by atoms with van der Waals surface area (Å²) in [7, 11) is 0. The van der Waals surface area contributed by atoms with Crippen molar-refractivity contribution in [1.29, 1.82) is 0 Å². The van der Waals surface area contributed by atoms with Gasteiger partial charge >= 0.3 is 0 Å². The van der Waals surface area contributed by atoms with E-state index in [0.717, 1.165) is 21.8 Å². The van der Waals surface area contributed by atoms with E-state index in [1.165, 1.54) is 41.7 Å². The lowest BCUT2D eigenvalue weighted by molar-refractivity contribution is -0.118. The number of carbonyl (C=O) groups excluding carboxylic acids is 1. The third-order valence-corrected chi connectivity index (χ3v) is 5.80. The lowest BCUT2D eigenvalue weighted by atomic mass is 10.1. The van der Waals surface area contributed by atoms with Crippen LogP contribution in [-0.4, -0.2) is 37.6 Å². The van der Waals surface area contributed by atoms with Gasteiger partial charge in [-0.2, -0.15) is 5.10 Å². The number of aromatic nitrogens is 2. The summed E-state index contributed by atoms with van der Waals surface area (Å²) in [5.41, 5.74) is 7.09. The molecule has 0 unspecified atom stereocenters. The lowest BCUT2D eigenvalue weighted by Gasteiger charge is -2.09. The van der Waals surface area contributed by atoms with E-state index in [1.54, 1.807) is 0 Å². The highest BCUT2D eigenvalue weighted by Gasteiger charge is 2.13. The molecule has 32 heavy (non-hydrogen) atoms. The highest BCUT2D eigenvalue weighted by atomic mass is 32.2. The number of hydrogen-bond donors (Lipinski definition) is 3. The summed E-state index contributed by atoms with van der Waals surface area (Å²) in [6.07, 6.45) is 1.32. The molecule has 7 nitrogen and oxygen atoms in total. The Labute approximate surface area is 189 Å². The van der Waals surface area contributed by atoms with Crippen LogP contribution in [0.25, 0.3) is 11.0 Å². The molecule has 3 aromatic carbocycles. The number of phenolic OH excluding ortho intramolecular Hbond substituents is 2. The summed E-state index contributed by atoms with van der Waals surface area (Å²) in [4.78, 5) is 17.0. The molecule has 0 aliphatic carbocycles. The van der Waals surface area contributed by atoms with Gasteiger partial charge in [0.2, 0.25) is 0 Å². The molecule has 0 aliphatic heterocycles. The van der Waals surface area contributed by atoms with Crippen molar-refractivity contribution in [2.45, 2.75) is 18.6 Å². The largest absolute Gasteiger partial charge is 0.508 e. The Bertz CT molecular complexity index is 1280. The second-order valence-corrected chi connectivity index (χ2v) is 8.22. The minimum absolute atomic E-state index is 0.0476. The number of imidazole rings is 1. The summed E-state index contributed by atoms with van der Waals surface area (Å²) < 4.78 is 2.11. The highest BCUT2D eigenvalue weighted by molar-refractivity contribution is 7.99. The second-order valence-electron chi connectivity index (χ2n) is 7.28. The van der Waals surface area contributed by atoms with E-state index >= 15 is 0 Å². The number of aryl methyl sites for hydroxylation is 1. The molecule has 0 saturated heterocycles. The van der Waals surface area contributed by atoms with Crippen LogP contribution in [0.2, 0.25) is 0 Å². The van der Waals surface area contributed by atoms with Gasteiger partial charge in [-0.25, -0.2) is 10.4 Å². The van der Waals surface area contributed by atoms with Crippen molar-refractivity contribution >= 4 is 34.9 Å². The number of rotatable bonds is 7. The Morgan fingerprint density at radius 1 is 1.12 bits per heavy atom. The van der Waals surface area contributed by atoms with Crippen LogP contribution in [0.5, 0.6) is 11.5 Å². The molecule has 3 N–H and O–H groups in total. The first kappa shape index (κ1) is 21.5. The van der Waals surface area contributed by atoms with Gasteiger partial charge in [0.05, 0.1) is 29.5 Å². The van der Waals surface area contributed by atoms with Gasteiger partial charge < -0.3 is 14.8 Å². The minimum atomic E-state index is -0.293. The number of thioether (sulfide) groups is 1. The predicted octanol–water partition coefficient (Wildman–Crippen LogP) is 4.05. The number of fused-ring (bicyclic) bond motifs is 1. The molecule has 4 rings (SSSR count). The van der Waals surface area contributed by atoms with Gasteiger partial charge in [0.15, 0.2) is 5.16 Å². The van der Waals surface area contributed by atoms with Gasteiger partial charge in [-0.3, -0.25) is 4.79 Å². The number of benzene rings is 3. The Morgan fingerprint density at radius 2 is 1.91 bits per heavy atom. The molecule has 1 heterocycles. The Morgan fingerprint density at radius 3 is 2.69 bits per heavy atom. The van der Waals surface area contributed by atoms with E-state index in [-0.39, 0.29) is 23.2 Å². The third-order valence-electron chi connectivity index (χ3n) is 4.82. The van der Waals surface area contributed by atoms with Crippen LogP contribution >= 0.6 is 11.8 Å². The monoisotopic (exact) mass is 446 g/mol. The SMILES string of the molecule is Cc1ccc(Cn2c(SCC(=O)N/N=C/c3ccc(O)cc3O)nc3ccccc32)cc1. The fourth-order valence-electron chi connectivity index (χ4n) is 3.17. The van der Waals surface area contributed by atoms with E-state index in [1.807, 2.05) is 24.3 Å². The molecule has 8 heteroatoms. The average molecular weight is 447 g/mol. The Balaban J connectivity index is 1.44. The van der Waals surface area contributed by atoms with Gasteiger partial charge in [-0.15, -0.1) is 0 Å². The molecule has 1 aromatic heterocycles. The zero-order chi connectivity index (χ0) is 22.5. The van der Waals surface area contributed by atoms with Gasteiger partial charge in [-0.05, 0) is 36.8 Å². The van der Waals surface area contributed by atoms with E-state index in [4.69, 9.17) is 4.98 Å². The van der Waals surface area contributed by atoms with Crippen molar-refractivity contribution in [1.82, 2.24) is 15.0 Å². The number of nitrogens with one attached hydrogen (secondary N) is 1. The third kappa shape index (κ3) is 5.09. The predicted molar refractivity (Wildman–Crippen MR) is 126 cm³/mol. The van der Waals surface area contributed by atoms with Crippen molar-refractivity contribution in [3.05, 3.63) is 83.4 Å². The van der Waals surface area contributed by atoms with Crippen LogP contribution in [0.15, 0.2) is 77.0 Å². The minimum Gasteiger partial charge on any atom is -0.508 e. The van der Waals surface area contributed by atoms with E-state index < -0.39 is 0 Å². The van der Waals surface area contributed by atoms with Crippen molar-refractivity contribution in [2.75, 3.05) is 5.75 Å². The van der Waals surface area contributed by atoms with Crippen LogP contribution in [0, 0.1) is 6.92 Å². The first-order valence-corrected chi connectivity index (χ1v) is 11.0. The molecule has 0 aliphatic rings. The van der Waals surface area contributed by atoms with E-state index in [2.05, 4.69) is 46.3 Å². The zero-order valence-corrected chi connectivity index (χ0v) is 18.2. The number of nitrogens with zero attached hydrogens (tertiary/aromatic N) is 3. The molecule has 0 radical (unpaired) electrons. The van der Waals surface area contributed by atoms with Crippen molar-refractivity contribution < 1.29 is 15.0 Å². The van der Waals surface area contributed by atoms with Gasteiger partial charge in [0, 0.05) is 11.6 Å². The first-order chi connectivity index (χ1) is 15.5. The number of hydrazone groups is 1. The quantitative estimate of drug-likeness (QED) is 0.226. The summed E-state index contributed by atoms with van der Waals surface area (Å²) in [6.45, 7) is 2.71. The summed E-state index contributed by atoms with van der Waals surface area (Å²) in [5.74, 6) is -0.329. The highest BCUT2D eigenvalue weighted by Crippen LogP contribution is 2.25. The molecule has 1 amide bonds. The maximum absolute atomic E-state index is 12.3. The standard InChI is InChI=1S/C24H22N4O3S/c1-16-6-8-17(9-7-16)14-28-21-5-3-2-4-20(21)26-24(28)32-15-23(31)27-25-13-18-10-11-19(29)12-22(18)30/h2-13,29-30H,14-15H2,1H3,(H,27,31)/b25-13+. The Hall–Kier alpha value is -3.78. The van der Waals surface area contributed by atoms with Crippen LogP contribution in [0.3, 0.4) is 0 Å². The maximum atomic E-state index is 12.3. The fraction of sp³-hybridized carbons (Fsp3) is 0.125. The fourth-order valence-corrected chi connectivity index (χ4v) is 3.98. The molecular weight excluding hydrogens is 424 g/mol. The molecule has 162 valence electrons. The van der Waals surface area contributed by atoms with Gasteiger partial charge in [-0.1, -0.05) is 53.7 Å². The Kier molecular flexibility index (Phi) is 6.42. The molecule has 4 aromatic rings. The average Bonchev–Trinajstić information content (AvgIpc) is 3.13. The molecule has 0 spiro atoms. The number of hydrogen-bond acceptors (Lipinski definition) is 6. The van der Waals surface area contributed by atoms with Crippen LogP contribution in [0.1, 0.15) is 16.7 Å². The molecule has 0 atom stereocenters. The molecule has 0 saturated carbocycles. The number of phenols is 2. The van der Waals surface area contributed by atoms with Gasteiger partial charge in [0.1, 0.15) is 11.5 Å². The van der Waals surface area contributed by atoms with Crippen molar-refractivity contribution in [2.24, 2.45) is 5.10 Å². The second kappa shape index (κ2) is 9.57. The first-order valence-electron chi connectivity index (χ1n) is 9.97. The maximum Gasteiger partial charge on any atom is 0.250 e. The molecule has 0 fully saturated rings. The van der Waals surface area contributed by atoms with Crippen molar-refractivity contribution in [3.8, 4) is 11.5 Å². The van der Waals surface area contributed by atoms with E-state index in [0.29, 0.717) is 12.1 Å². The number of para-hydroxylation sites is 2. The van der Waals surface area contributed by atoms with Crippen LogP contribution < -0.4 is 5.43 Å². The molecule has 0 bridgehead atoms. The van der Waals surface area contributed by atoms with Crippen molar-refractivity contribution in [3.63, 3.8) is 0 Å².